The van der Waals surface area contributed by atoms with Gasteiger partial charge in [-0.15, -0.1) is 5.10 Å². The van der Waals surface area contributed by atoms with Crippen LogP contribution in [0.2, 0.25) is 0 Å². The van der Waals surface area contributed by atoms with Crippen molar-refractivity contribution in [1.82, 2.24) is 19.3 Å². The Balaban J connectivity index is 1.42. The van der Waals surface area contributed by atoms with Crippen LogP contribution in [-0.2, 0) is 4.79 Å². The summed E-state index contributed by atoms with van der Waals surface area (Å²) in [5.74, 6) is 0.328. The van der Waals surface area contributed by atoms with Crippen LogP contribution in [0.3, 0.4) is 0 Å². The largest absolute Gasteiger partial charge is 0.306 e. The average Bonchev–Trinajstić information content (AvgIpc) is 3.38. The molecule has 2 aromatic carbocycles. The van der Waals surface area contributed by atoms with E-state index in [4.69, 9.17) is 0 Å². The molecule has 1 amide bonds. The standard InChI is InChI=1S/C22H19N5O/c1-17-15-27(20-5-3-2-4-6-20)25-22(17)24-21(28)12-9-18-7-10-19(11-8-18)26-14-13-23-16-26/h2-16H,1H3,(H,24,25,28)/b12-9+. The minimum atomic E-state index is -0.222. The summed E-state index contributed by atoms with van der Waals surface area (Å²) in [4.78, 5) is 16.3. The monoisotopic (exact) mass is 369 g/mol. The molecule has 2 heterocycles. The number of amides is 1. The predicted octanol–water partition coefficient (Wildman–Crippen LogP) is 4.02. The zero-order valence-corrected chi connectivity index (χ0v) is 15.4. The maximum atomic E-state index is 12.3. The van der Waals surface area contributed by atoms with Gasteiger partial charge in [0, 0.05) is 35.9 Å². The molecule has 4 rings (SSSR count). The molecule has 4 aromatic rings. The van der Waals surface area contributed by atoms with Gasteiger partial charge >= 0.3 is 0 Å². The summed E-state index contributed by atoms with van der Waals surface area (Å²) in [7, 11) is 0. The second kappa shape index (κ2) is 7.75. The molecule has 138 valence electrons. The molecule has 0 saturated carbocycles. The first-order valence-electron chi connectivity index (χ1n) is 8.88. The minimum Gasteiger partial charge on any atom is -0.306 e. The van der Waals surface area contributed by atoms with Crippen molar-refractivity contribution in [2.24, 2.45) is 0 Å². The Morgan fingerprint density at radius 3 is 2.54 bits per heavy atom. The van der Waals surface area contributed by atoms with Gasteiger partial charge in [0.15, 0.2) is 5.82 Å². The number of carbonyl (C=O) groups is 1. The van der Waals surface area contributed by atoms with Crippen molar-refractivity contribution in [3.63, 3.8) is 0 Å². The van der Waals surface area contributed by atoms with Crippen LogP contribution in [0.25, 0.3) is 17.5 Å². The van der Waals surface area contributed by atoms with Gasteiger partial charge in [-0.25, -0.2) is 9.67 Å². The van der Waals surface area contributed by atoms with Crippen molar-refractivity contribution in [2.75, 3.05) is 5.32 Å². The number of carbonyl (C=O) groups excluding carboxylic acids is 1. The molecule has 0 aliphatic rings. The topological polar surface area (TPSA) is 64.7 Å². The molecule has 6 heteroatoms. The van der Waals surface area contributed by atoms with Crippen LogP contribution >= 0.6 is 0 Å². The molecule has 0 spiro atoms. The van der Waals surface area contributed by atoms with E-state index in [0.29, 0.717) is 5.82 Å². The molecule has 0 aliphatic carbocycles. The molecule has 0 aliphatic heterocycles. The highest BCUT2D eigenvalue weighted by atomic mass is 16.1. The van der Waals surface area contributed by atoms with E-state index in [1.165, 1.54) is 6.08 Å². The number of hydrogen-bond acceptors (Lipinski definition) is 3. The van der Waals surface area contributed by atoms with E-state index in [0.717, 1.165) is 22.5 Å². The summed E-state index contributed by atoms with van der Waals surface area (Å²) in [5.41, 5.74) is 3.79. The summed E-state index contributed by atoms with van der Waals surface area (Å²) in [6.45, 7) is 1.92. The van der Waals surface area contributed by atoms with E-state index in [9.17, 15) is 4.79 Å². The Morgan fingerprint density at radius 2 is 1.82 bits per heavy atom. The van der Waals surface area contributed by atoms with E-state index < -0.39 is 0 Å². The highest BCUT2D eigenvalue weighted by Crippen LogP contribution is 2.16. The highest BCUT2D eigenvalue weighted by Gasteiger charge is 2.08. The number of nitrogens with zero attached hydrogens (tertiary/aromatic N) is 4. The minimum absolute atomic E-state index is 0.222. The molecule has 0 atom stereocenters. The SMILES string of the molecule is Cc1cn(-c2ccccc2)nc1NC(=O)/C=C/c1ccc(-n2ccnc2)cc1. The number of nitrogens with one attached hydrogen (secondary N) is 1. The lowest BCUT2D eigenvalue weighted by atomic mass is 10.2. The fourth-order valence-corrected chi connectivity index (χ4v) is 2.80. The summed E-state index contributed by atoms with van der Waals surface area (Å²) in [6, 6.07) is 17.6. The predicted molar refractivity (Wildman–Crippen MR) is 110 cm³/mol. The maximum Gasteiger partial charge on any atom is 0.249 e. The van der Waals surface area contributed by atoms with Crippen molar-refractivity contribution in [3.8, 4) is 11.4 Å². The molecule has 0 unspecified atom stereocenters. The Bertz CT molecular complexity index is 1090. The molecule has 0 fully saturated rings. The van der Waals surface area contributed by atoms with Gasteiger partial charge in [0.1, 0.15) is 0 Å². The lowest BCUT2D eigenvalue weighted by Gasteiger charge is -2.02. The third-order valence-electron chi connectivity index (χ3n) is 4.28. The van der Waals surface area contributed by atoms with E-state index in [1.807, 2.05) is 78.5 Å². The number of rotatable bonds is 5. The van der Waals surface area contributed by atoms with Gasteiger partial charge in [-0.1, -0.05) is 30.3 Å². The van der Waals surface area contributed by atoms with Gasteiger partial charge in [0.2, 0.25) is 5.91 Å². The maximum absolute atomic E-state index is 12.3. The van der Waals surface area contributed by atoms with Gasteiger partial charge in [-0.05, 0) is 42.8 Å². The van der Waals surface area contributed by atoms with Crippen LogP contribution in [0.4, 0.5) is 5.82 Å². The molecule has 2 aromatic heterocycles. The number of anilines is 1. The summed E-state index contributed by atoms with van der Waals surface area (Å²) in [6.07, 6.45) is 10.5. The smallest absolute Gasteiger partial charge is 0.249 e. The van der Waals surface area contributed by atoms with E-state index in [1.54, 1.807) is 23.3 Å². The Labute approximate surface area is 162 Å². The highest BCUT2D eigenvalue weighted by molar-refractivity contribution is 6.01. The van der Waals surface area contributed by atoms with E-state index in [2.05, 4.69) is 15.4 Å². The van der Waals surface area contributed by atoms with E-state index >= 15 is 0 Å². The lowest BCUT2D eigenvalue weighted by molar-refractivity contribution is -0.111. The van der Waals surface area contributed by atoms with Crippen LogP contribution < -0.4 is 5.32 Å². The molecule has 0 radical (unpaired) electrons. The Hall–Kier alpha value is -3.93. The third-order valence-corrected chi connectivity index (χ3v) is 4.28. The quantitative estimate of drug-likeness (QED) is 0.541. The fourth-order valence-electron chi connectivity index (χ4n) is 2.80. The van der Waals surface area contributed by atoms with Crippen LogP contribution in [0.15, 0.2) is 85.6 Å². The summed E-state index contributed by atoms with van der Waals surface area (Å²) in [5, 5.41) is 7.29. The average molecular weight is 369 g/mol. The Morgan fingerprint density at radius 1 is 1.04 bits per heavy atom. The molecular formula is C22H19N5O. The number of para-hydroxylation sites is 1. The fraction of sp³-hybridized carbons (Fsp3) is 0.0455. The first-order valence-corrected chi connectivity index (χ1v) is 8.88. The first-order chi connectivity index (χ1) is 13.7. The molecular weight excluding hydrogens is 350 g/mol. The third kappa shape index (κ3) is 3.91. The number of benzene rings is 2. The number of imidazole rings is 1. The second-order valence-corrected chi connectivity index (χ2v) is 6.32. The zero-order chi connectivity index (χ0) is 19.3. The van der Waals surface area contributed by atoms with Crippen molar-refractivity contribution in [3.05, 3.63) is 96.7 Å². The molecule has 28 heavy (non-hydrogen) atoms. The van der Waals surface area contributed by atoms with E-state index in [-0.39, 0.29) is 5.91 Å². The molecule has 0 bridgehead atoms. The Kier molecular flexibility index (Phi) is 4.84. The summed E-state index contributed by atoms with van der Waals surface area (Å²) < 4.78 is 3.68. The van der Waals surface area contributed by atoms with Gasteiger partial charge in [-0.2, -0.15) is 0 Å². The summed E-state index contributed by atoms with van der Waals surface area (Å²) >= 11 is 0. The second-order valence-electron chi connectivity index (χ2n) is 6.32. The van der Waals surface area contributed by atoms with Crippen molar-refractivity contribution < 1.29 is 4.79 Å². The zero-order valence-electron chi connectivity index (χ0n) is 15.4. The molecule has 1 N–H and O–H groups in total. The molecule has 0 saturated heterocycles. The van der Waals surface area contributed by atoms with Crippen molar-refractivity contribution >= 4 is 17.8 Å². The van der Waals surface area contributed by atoms with Crippen LogP contribution in [0.1, 0.15) is 11.1 Å². The van der Waals surface area contributed by atoms with Gasteiger partial charge in [0.25, 0.3) is 0 Å². The number of aryl methyl sites for hydroxylation is 1. The lowest BCUT2D eigenvalue weighted by Crippen LogP contribution is -2.09. The number of aromatic nitrogens is 4. The first kappa shape index (κ1) is 17.5. The normalized spacial score (nSPS) is 11.0. The van der Waals surface area contributed by atoms with Crippen LogP contribution in [-0.4, -0.2) is 25.2 Å². The van der Waals surface area contributed by atoms with Crippen molar-refractivity contribution in [2.45, 2.75) is 6.92 Å². The van der Waals surface area contributed by atoms with Crippen molar-refractivity contribution in [1.29, 1.82) is 0 Å². The van der Waals surface area contributed by atoms with Gasteiger partial charge in [0.05, 0.1) is 12.0 Å². The van der Waals surface area contributed by atoms with Crippen LogP contribution in [0, 0.1) is 6.92 Å². The van der Waals surface area contributed by atoms with Gasteiger partial charge < -0.3 is 9.88 Å². The number of hydrogen-bond donors (Lipinski definition) is 1. The van der Waals surface area contributed by atoms with Crippen LogP contribution in [0.5, 0.6) is 0 Å². The molecule has 6 nitrogen and oxygen atoms in total. The van der Waals surface area contributed by atoms with Gasteiger partial charge in [-0.3, -0.25) is 4.79 Å².